The van der Waals surface area contributed by atoms with Gasteiger partial charge < -0.3 is 5.11 Å². The van der Waals surface area contributed by atoms with Crippen molar-refractivity contribution in [3.63, 3.8) is 0 Å². The highest BCUT2D eigenvalue weighted by Gasteiger charge is 2.73. The molecule has 0 amide bonds. The van der Waals surface area contributed by atoms with E-state index in [2.05, 4.69) is 55.4 Å². The third kappa shape index (κ3) is 2.54. The molecule has 5 saturated carbocycles. The number of rotatable bonds is 1. The van der Waals surface area contributed by atoms with Gasteiger partial charge in [-0.2, -0.15) is 0 Å². The first-order valence-electron chi connectivity index (χ1n) is 14.0. The molecule has 0 aromatic heterocycles. The number of fused-ring (bicyclic) bond motifs is 7. The Hall–Kier alpha value is -0.0400. The van der Waals surface area contributed by atoms with Gasteiger partial charge in [-0.05, 0) is 121 Å². The van der Waals surface area contributed by atoms with Crippen LogP contribution in [0.2, 0.25) is 0 Å². The van der Waals surface area contributed by atoms with Crippen LogP contribution in [-0.2, 0) is 0 Å². The van der Waals surface area contributed by atoms with Crippen LogP contribution in [0.15, 0.2) is 0 Å². The first-order valence-corrected chi connectivity index (χ1v) is 14.0. The highest BCUT2D eigenvalue weighted by molar-refractivity contribution is 5.22. The number of hydrogen-bond acceptors (Lipinski definition) is 1. The van der Waals surface area contributed by atoms with E-state index in [0.29, 0.717) is 39.4 Å². The van der Waals surface area contributed by atoms with Gasteiger partial charge in [-0.25, -0.2) is 0 Å². The molecule has 5 aliphatic carbocycles. The molecular formula is C30H52O. The van der Waals surface area contributed by atoms with Crippen molar-refractivity contribution in [3.8, 4) is 0 Å². The van der Waals surface area contributed by atoms with Crippen LogP contribution in [0.3, 0.4) is 0 Å². The highest BCUT2D eigenvalue weighted by atomic mass is 16.3. The summed E-state index contributed by atoms with van der Waals surface area (Å²) in [6, 6.07) is 0. The number of hydrogen-bond donors (Lipinski definition) is 1. The van der Waals surface area contributed by atoms with Gasteiger partial charge in [0.15, 0.2) is 0 Å². The summed E-state index contributed by atoms with van der Waals surface area (Å²) in [4.78, 5) is 0. The molecular weight excluding hydrogens is 376 g/mol. The minimum atomic E-state index is -0.428. The van der Waals surface area contributed by atoms with Crippen LogP contribution in [0.25, 0.3) is 0 Å². The van der Waals surface area contributed by atoms with Gasteiger partial charge in [-0.1, -0.05) is 61.8 Å². The molecule has 0 heterocycles. The van der Waals surface area contributed by atoms with E-state index < -0.39 is 5.60 Å². The van der Waals surface area contributed by atoms with Crippen LogP contribution in [0.1, 0.15) is 126 Å². The van der Waals surface area contributed by atoms with E-state index >= 15 is 0 Å². The zero-order valence-electron chi connectivity index (χ0n) is 22.1. The predicted molar refractivity (Wildman–Crippen MR) is 131 cm³/mol. The van der Waals surface area contributed by atoms with Crippen LogP contribution in [0.4, 0.5) is 0 Å². The summed E-state index contributed by atoms with van der Waals surface area (Å²) >= 11 is 0. The summed E-state index contributed by atoms with van der Waals surface area (Å²) < 4.78 is 0. The molecule has 0 aromatic rings. The van der Waals surface area contributed by atoms with Gasteiger partial charge in [0.2, 0.25) is 0 Å². The highest BCUT2D eigenvalue weighted by Crippen LogP contribution is 2.78. The first-order chi connectivity index (χ1) is 14.3. The van der Waals surface area contributed by atoms with Crippen molar-refractivity contribution in [2.24, 2.45) is 56.7 Å². The summed E-state index contributed by atoms with van der Waals surface area (Å²) in [6.45, 7) is 20.5. The lowest BCUT2D eigenvalue weighted by Crippen LogP contribution is -2.69. The predicted octanol–water partition coefficient (Wildman–Crippen LogP) is 8.25. The maximum absolute atomic E-state index is 12.2. The molecule has 0 saturated heterocycles. The molecule has 0 aliphatic heterocycles. The fraction of sp³-hybridized carbons (Fsp3) is 1.00. The molecule has 1 N–H and O–H groups in total. The molecule has 5 aliphatic rings. The Balaban J connectivity index is 1.54. The lowest BCUT2D eigenvalue weighted by Gasteiger charge is -2.74. The Bertz CT molecular complexity index is 739. The molecule has 0 bridgehead atoms. The van der Waals surface area contributed by atoms with E-state index in [1.165, 1.54) is 64.2 Å². The van der Waals surface area contributed by atoms with Crippen LogP contribution >= 0.6 is 0 Å². The van der Waals surface area contributed by atoms with Gasteiger partial charge >= 0.3 is 0 Å². The zero-order chi connectivity index (χ0) is 22.7. The molecule has 0 aromatic carbocycles. The Morgan fingerprint density at radius 2 is 1.23 bits per heavy atom. The first kappa shape index (κ1) is 22.7. The summed E-state index contributed by atoms with van der Waals surface area (Å²) in [5.74, 6) is 3.57. The average molecular weight is 429 g/mol. The van der Waals surface area contributed by atoms with Gasteiger partial charge in [0.25, 0.3) is 0 Å². The zero-order valence-corrected chi connectivity index (χ0v) is 22.1. The summed E-state index contributed by atoms with van der Waals surface area (Å²) in [5, 5.41) is 12.2. The van der Waals surface area contributed by atoms with E-state index in [0.717, 1.165) is 18.3 Å². The third-order valence-electron chi connectivity index (χ3n) is 13.8. The van der Waals surface area contributed by atoms with Crippen molar-refractivity contribution in [2.45, 2.75) is 132 Å². The monoisotopic (exact) mass is 428 g/mol. The molecule has 5 rings (SSSR count). The molecule has 0 spiro atoms. The number of aliphatic hydroxyl groups is 1. The Labute approximate surface area is 193 Å². The van der Waals surface area contributed by atoms with E-state index in [4.69, 9.17) is 0 Å². The molecule has 1 heteroatoms. The Kier molecular flexibility index (Phi) is 4.80. The normalized spacial score (nSPS) is 58.3. The maximum atomic E-state index is 12.2. The van der Waals surface area contributed by atoms with Crippen molar-refractivity contribution in [3.05, 3.63) is 0 Å². The SMILES string of the molecule is CC(C)[C@H]1CC[C@]2(C)C3CC[C@@H]4[C@@]5(C)CCCC(C)(C)C5CC[C@@]4(C)[C@]3(C)CC[C@@]12O. The van der Waals surface area contributed by atoms with Crippen molar-refractivity contribution in [1.29, 1.82) is 0 Å². The fourth-order valence-electron chi connectivity index (χ4n) is 12.1. The van der Waals surface area contributed by atoms with E-state index in [1.54, 1.807) is 0 Å². The summed E-state index contributed by atoms with van der Waals surface area (Å²) in [7, 11) is 0. The van der Waals surface area contributed by atoms with Crippen LogP contribution in [0, 0.1) is 56.7 Å². The standard InChI is InChI=1S/C30H52O/c1-20(2)21-12-16-29(8)24-11-10-23-26(5)15-9-14-25(3,4)22(26)13-17-27(23,6)28(24,7)18-19-30(21,29)31/h20-24,31H,9-19H2,1-8H3/t21-,22?,23-,24?,26+,27-,28-,29-,30-/m1/s1. The lowest BCUT2D eigenvalue weighted by molar-refractivity contribution is -0.270. The molecule has 0 radical (unpaired) electrons. The van der Waals surface area contributed by atoms with Gasteiger partial charge in [0.1, 0.15) is 0 Å². The smallest absolute Gasteiger partial charge is 0.0734 e. The van der Waals surface area contributed by atoms with Crippen molar-refractivity contribution in [1.82, 2.24) is 0 Å². The molecule has 1 nitrogen and oxygen atoms in total. The van der Waals surface area contributed by atoms with Crippen molar-refractivity contribution >= 4 is 0 Å². The second-order valence-electron chi connectivity index (χ2n) is 15.2. The quantitative estimate of drug-likeness (QED) is 0.445. The second-order valence-corrected chi connectivity index (χ2v) is 15.2. The largest absolute Gasteiger partial charge is 0.389 e. The summed E-state index contributed by atoms with van der Waals surface area (Å²) in [6.07, 6.45) is 14.8. The van der Waals surface area contributed by atoms with E-state index in [-0.39, 0.29) is 5.41 Å². The van der Waals surface area contributed by atoms with Crippen LogP contribution in [-0.4, -0.2) is 10.7 Å². The molecule has 178 valence electrons. The summed E-state index contributed by atoms with van der Waals surface area (Å²) in [5.41, 5.74) is 1.55. The average Bonchev–Trinajstić information content (AvgIpc) is 2.93. The molecule has 2 unspecified atom stereocenters. The lowest BCUT2D eigenvalue weighted by atomic mass is 9.31. The van der Waals surface area contributed by atoms with Crippen molar-refractivity contribution < 1.29 is 5.11 Å². The van der Waals surface area contributed by atoms with Crippen LogP contribution in [0.5, 0.6) is 0 Å². The van der Waals surface area contributed by atoms with Crippen LogP contribution < -0.4 is 0 Å². The topological polar surface area (TPSA) is 20.2 Å². The molecule has 31 heavy (non-hydrogen) atoms. The van der Waals surface area contributed by atoms with Crippen molar-refractivity contribution in [2.75, 3.05) is 0 Å². The molecule has 9 atom stereocenters. The van der Waals surface area contributed by atoms with E-state index in [1.807, 2.05) is 0 Å². The third-order valence-corrected chi connectivity index (χ3v) is 13.8. The second kappa shape index (κ2) is 6.55. The Morgan fingerprint density at radius 3 is 1.90 bits per heavy atom. The minimum Gasteiger partial charge on any atom is -0.389 e. The fourth-order valence-corrected chi connectivity index (χ4v) is 12.1. The van der Waals surface area contributed by atoms with Gasteiger partial charge in [-0.3, -0.25) is 0 Å². The molecule has 5 fully saturated rings. The van der Waals surface area contributed by atoms with Gasteiger partial charge in [0.05, 0.1) is 5.60 Å². The minimum absolute atomic E-state index is 0.118. The Morgan fingerprint density at radius 1 is 0.613 bits per heavy atom. The van der Waals surface area contributed by atoms with E-state index in [9.17, 15) is 5.11 Å². The van der Waals surface area contributed by atoms with Gasteiger partial charge in [0, 0.05) is 0 Å². The maximum Gasteiger partial charge on any atom is 0.0734 e. The van der Waals surface area contributed by atoms with Gasteiger partial charge in [-0.15, -0.1) is 0 Å².